The van der Waals surface area contributed by atoms with E-state index in [0.29, 0.717) is 18.5 Å². The molecule has 148 valence electrons. The maximum absolute atomic E-state index is 12.1. The Kier molecular flexibility index (Phi) is 13.7. The average Bonchev–Trinajstić information content (AvgIpc) is 2.56. The fraction of sp³-hybridized carbons (Fsp3) is 0.556. The van der Waals surface area contributed by atoms with Crippen LogP contribution in [0.3, 0.4) is 0 Å². The first kappa shape index (κ1) is 25.1. The number of carbonyl (C=O) groups is 1. The molecule has 0 spiro atoms. The Bertz CT molecular complexity index is 582. The molecule has 0 fully saturated rings. The highest BCUT2D eigenvalue weighted by molar-refractivity contribution is 14.0. The number of aryl methyl sites for hydroxylation is 1. The van der Waals surface area contributed by atoms with Crippen LogP contribution in [0, 0.1) is 12.8 Å². The lowest BCUT2D eigenvalue weighted by Gasteiger charge is -2.13. The molecule has 26 heavy (non-hydrogen) atoms. The summed E-state index contributed by atoms with van der Waals surface area (Å²) in [6.45, 7) is 8.60. The Morgan fingerprint density at radius 2 is 2.04 bits per heavy atom. The summed E-state index contributed by atoms with van der Waals surface area (Å²) in [5.74, 6) is 1.03. The Labute approximate surface area is 182 Å². The number of ether oxygens (including phenoxy) is 1. The van der Waals surface area contributed by atoms with E-state index in [0.717, 1.165) is 35.3 Å². The van der Waals surface area contributed by atoms with Gasteiger partial charge in [0, 0.05) is 37.0 Å². The number of nitrogens with zero attached hydrogens (tertiary/aromatic N) is 1. The number of rotatable bonds is 9. The van der Waals surface area contributed by atoms with Crippen LogP contribution in [0.1, 0.15) is 25.8 Å². The predicted molar refractivity (Wildman–Crippen MR) is 123 cm³/mol. The molecule has 0 saturated carbocycles. The van der Waals surface area contributed by atoms with E-state index in [1.54, 1.807) is 7.05 Å². The van der Waals surface area contributed by atoms with Gasteiger partial charge in [-0.1, -0.05) is 35.8 Å². The summed E-state index contributed by atoms with van der Waals surface area (Å²) in [4.78, 5) is 16.2. The van der Waals surface area contributed by atoms with Crippen molar-refractivity contribution in [2.45, 2.75) is 27.2 Å². The summed E-state index contributed by atoms with van der Waals surface area (Å²) < 4.78 is 6.46. The van der Waals surface area contributed by atoms with Crippen LogP contribution < -0.4 is 16.0 Å². The van der Waals surface area contributed by atoms with E-state index < -0.39 is 0 Å². The van der Waals surface area contributed by atoms with Gasteiger partial charge in [0.1, 0.15) is 0 Å². The molecule has 0 heterocycles. The molecule has 1 rings (SSSR count). The fourth-order valence-electron chi connectivity index (χ4n) is 2.01. The Morgan fingerprint density at radius 3 is 2.69 bits per heavy atom. The fourth-order valence-corrected chi connectivity index (χ4v) is 2.37. The Hall–Kier alpha value is -0.870. The van der Waals surface area contributed by atoms with Gasteiger partial charge in [0.25, 0.3) is 0 Å². The Balaban J connectivity index is 0.00000625. The highest BCUT2D eigenvalue weighted by atomic mass is 127. The number of carbonyl (C=O) groups excluding carboxylic acids is 1. The van der Waals surface area contributed by atoms with E-state index in [1.807, 2.05) is 25.1 Å². The van der Waals surface area contributed by atoms with Crippen molar-refractivity contribution in [3.8, 4) is 0 Å². The monoisotopic (exact) mass is 540 g/mol. The van der Waals surface area contributed by atoms with Gasteiger partial charge in [-0.25, -0.2) is 0 Å². The second kappa shape index (κ2) is 14.2. The molecule has 1 amide bonds. The molecule has 0 saturated heterocycles. The molecule has 3 N–H and O–H groups in total. The zero-order chi connectivity index (χ0) is 18.7. The molecule has 0 aliphatic carbocycles. The summed E-state index contributed by atoms with van der Waals surface area (Å²) in [5.41, 5.74) is 1.81. The van der Waals surface area contributed by atoms with E-state index in [4.69, 9.17) is 4.74 Å². The molecule has 1 aromatic carbocycles. The number of hydrogen-bond acceptors (Lipinski definition) is 3. The van der Waals surface area contributed by atoms with Gasteiger partial charge in [0.2, 0.25) is 5.91 Å². The summed E-state index contributed by atoms with van der Waals surface area (Å²) >= 11 is 3.41. The van der Waals surface area contributed by atoms with Gasteiger partial charge >= 0.3 is 0 Å². The largest absolute Gasteiger partial charge is 0.381 e. The van der Waals surface area contributed by atoms with E-state index in [-0.39, 0.29) is 36.4 Å². The minimum Gasteiger partial charge on any atom is -0.381 e. The molecule has 1 aromatic rings. The molecular formula is C18H30BrIN4O2. The first-order chi connectivity index (χ1) is 11.9. The molecule has 0 aromatic heterocycles. The van der Waals surface area contributed by atoms with Crippen LogP contribution in [0.2, 0.25) is 0 Å². The first-order valence-electron chi connectivity index (χ1n) is 8.50. The third kappa shape index (κ3) is 11.0. The maximum atomic E-state index is 12.1. The second-order valence-electron chi connectivity index (χ2n) is 6.18. The molecule has 0 aliphatic rings. The number of anilines is 1. The molecule has 0 bridgehead atoms. The number of nitrogens with one attached hydrogen (secondary N) is 3. The number of halogens is 2. The van der Waals surface area contributed by atoms with Gasteiger partial charge in [-0.3, -0.25) is 9.79 Å². The first-order valence-corrected chi connectivity index (χ1v) is 9.30. The molecular weight excluding hydrogens is 511 g/mol. The lowest BCUT2D eigenvalue weighted by atomic mass is 10.2. The van der Waals surface area contributed by atoms with Crippen LogP contribution in [0.25, 0.3) is 0 Å². The highest BCUT2D eigenvalue weighted by Gasteiger charge is 2.06. The normalized spacial score (nSPS) is 11.1. The van der Waals surface area contributed by atoms with Gasteiger partial charge in [-0.15, -0.1) is 24.0 Å². The minimum atomic E-state index is -0.121. The maximum Gasteiger partial charge on any atom is 0.243 e. The molecule has 8 heteroatoms. The van der Waals surface area contributed by atoms with Crippen molar-refractivity contribution < 1.29 is 9.53 Å². The molecule has 0 atom stereocenters. The third-order valence-corrected chi connectivity index (χ3v) is 3.82. The van der Waals surface area contributed by atoms with Crippen molar-refractivity contribution in [2.75, 3.05) is 38.7 Å². The number of aliphatic imine (C=N–C) groups is 1. The van der Waals surface area contributed by atoms with Gasteiger partial charge in [-0.2, -0.15) is 0 Å². The average molecular weight is 541 g/mol. The summed E-state index contributed by atoms with van der Waals surface area (Å²) in [6, 6.07) is 5.78. The van der Waals surface area contributed by atoms with Crippen LogP contribution in [0.4, 0.5) is 5.69 Å². The second-order valence-corrected chi connectivity index (χ2v) is 7.10. The van der Waals surface area contributed by atoms with Crippen LogP contribution in [-0.2, 0) is 9.53 Å². The SMILES string of the molecule is CN=C(NCCCOCC(C)C)NCC(=O)Nc1cc(Br)ccc1C.I. The lowest BCUT2D eigenvalue weighted by molar-refractivity contribution is -0.115. The van der Waals surface area contributed by atoms with Crippen LogP contribution in [-0.4, -0.2) is 45.2 Å². The number of benzene rings is 1. The zero-order valence-electron chi connectivity index (χ0n) is 15.9. The lowest BCUT2D eigenvalue weighted by Crippen LogP contribution is -2.41. The number of amides is 1. The smallest absolute Gasteiger partial charge is 0.243 e. The quantitative estimate of drug-likeness (QED) is 0.194. The van der Waals surface area contributed by atoms with Gasteiger partial charge in [0.05, 0.1) is 6.54 Å². The molecule has 6 nitrogen and oxygen atoms in total. The van der Waals surface area contributed by atoms with Crippen molar-refractivity contribution in [1.82, 2.24) is 10.6 Å². The van der Waals surface area contributed by atoms with E-state index >= 15 is 0 Å². The molecule has 0 unspecified atom stereocenters. The van der Waals surface area contributed by atoms with Crippen molar-refractivity contribution in [3.63, 3.8) is 0 Å². The van der Waals surface area contributed by atoms with Gasteiger partial charge in [-0.05, 0) is 37.0 Å². The van der Waals surface area contributed by atoms with Crippen LogP contribution in [0.5, 0.6) is 0 Å². The van der Waals surface area contributed by atoms with Gasteiger partial charge in [0.15, 0.2) is 5.96 Å². The zero-order valence-corrected chi connectivity index (χ0v) is 19.8. The minimum absolute atomic E-state index is 0. The summed E-state index contributed by atoms with van der Waals surface area (Å²) in [7, 11) is 1.68. The Morgan fingerprint density at radius 1 is 1.31 bits per heavy atom. The van der Waals surface area contributed by atoms with Crippen LogP contribution in [0.15, 0.2) is 27.7 Å². The van der Waals surface area contributed by atoms with E-state index in [9.17, 15) is 4.79 Å². The standard InChI is InChI=1S/C18H29BrN4O2.HI/c1-13(2)12-25-9-5-8-21-18(20-4)22-11-17(24)23-16-10-15(19)7-6-14(16)3;/h6-7,10,13H,5,8-9,11-12H2,1-4H3,(H,23,24)(H2,20,21,22);1H. The molecule has 0 radical (unpaired) electrons. The van der Waals surface area contributed by atoms with Crippen molar-refractivity contribution in [2.24, 2.45) is 10.9 Å². The summed E-state index contributed by atoms with van der Waals surface area (Å²) in [5, 5.41) is 9.07. The van der Waals surface area contributed by atoms with Gasteiger partial charge < -0.3 is 20.7 Å². The summed E-state index contributed by atoms with van der Waals surface area (Å²) in [6.07, 6.45) is 0.886. The predicted octanol–water partition coefficient (Wildman–Crippen LogP) is 3.54. The molecule has 0 aliphatic heterocycles. The number of guanidine groups is 1. The van der Waals surface area contributed by atoms with E-state index in [1.165, 1.54) is 0 Å². The number of hydrogen-bond donors (Lipinski definition) is 3. The van der Waals surface area contributed by atoms with Crippen molar-refractivity contribution in [3.05, 3.63) is 28.2 Å². The van der Waals surface area contributed by atoms with Crippen LogP contribution >= 0.6 is 39.9 Å². The van der Waals surface area contributed by atoms with E-state index in [2.05, 4.69) is 50.7 Å². The van der Waals surface area contributed by atoms with Crippen molar-refractivity contribution >= 4 is 57.5 Å². The highest BCUT2D eigenvalue weighted by Crippen LogP contribution is 2.20. The third-order valence-electron chi connectivity index (χ3n) is 3.32. The topological polar surface area (TPSA) is 74.8 Å². The van der Waals surface area contributed by atoms with Crippen molar-refractivity contribution in [1.29, 1.82) is 0 Å².